The van der Waals surface area contributed by atoms with Crippen LogP contribution in [0.2, 0.25) is 0 Å². The second-order valence-electron chi connectivity index (χ2n) is 4.79. The molecule has 0 radical (unpaired) electrons. The summed E-state index contributed by atoms with van der Waals surface area (Å²) in [6.07, 6.45) is 0. The van der Waals surface area contributed by atoms with E-state index in [1.54, 1.807) is 30.3 Å². The van der Waals surface area contributed by atoms with Gasteiger partial charge in [-0.15, -0.1) is 0 Å². The van der Waals surface area contributed by atoms with E-state index in [-0.39, 0.29) is 52.4 Å². The van der Waals surface area contributed by atoms with Crippen LogP contribution in [-0.2, 0) is 10.4 Å². The second-order valence-corrected chi connectivity index (χ2v) is 5.77. The Bertz CT molecular complexity index is 1080. The summed E-state index contributed by atoms with van der Waals surface area (Å²) in [4.78, 5) is 19.0. The molecule has 1 heterocycles. The third-order valence-corrected chi connectivity index (χ3v) is 3.63. The fourth-order valence-electron chi connectivity index (χ4n) is 2.22. The maximum atomic E-state index is 12.1. The van der Waals surface area contributed by atoms with E-state index in [4.69, 9.17) is 4.74 Å². The van der Waals surface area contributed by atoms with Gasteiger partial charge < -0.3 is 18.5 Å². The maximum absolute atomic E-state index is 12.1. The summed E-state index contributed by atoms with van der Waals surface area (Å²) in [5.41, 5.74) is 0.494. The smallest absolute Gasteiger partial charge is 0.716 e. The van der Waals surface area contributed by atoms with Gasteiger partial charge in [-0.05, 0) is 30.3 Å². The molecule has 10 heteroatoms. The molecule has 0 fully saturated rings. The number of hydrogen-bond donors (Lipinski definition) is 1. The van der Waals surface area contributed by atoms with Gasteiger partial charge in [-0.3, -0.25) is 4.79 Å². The molecule has 8 nitrogen and oxygen atoms in total. The molecule has 0 aliphatic heterocycles. The molecular formula is C15H11N2NaO6S. The van der Waals surface area contributed by atoms with Gasteiger partial charge in [-0.2, -0.15) is 0 Å². The molecule has 3 aromatic rings. The monoisotopic (exact) mass is 370 g/mol. The van der Waals surface area contributed by atoms with Gasteiger partial charge in [0, 0.05) is 5.56 Å². The minimum atomic E-state index is -4.97. The standard InChI is InChI=1S/C15H12N2O6S.Na/c1-22-12-7-6-9(8-13(12)23-24(19,20)21)14-16-11-5-3-2-4-10(11)15(18)17-14;/h2-8H,1H3,(H,16,17,18)(H,19,20,21);/q;+1/p-1. The first kappa shape index (κ1) is 19.4. The van der Waals surface area contributed by atoms with Crippen LogP contribution in [0, 0.1) is 0 Å². The first-order valence-electron chi connectivity index (χ1n) is 6.70. The second kappa shape index (κ2) is 7.54. The van der Waals surface area contributed by atoms with Crippen LogP contribution in [0.15, 0.2) is 47.3 Å². The number of rotatable bonds is 4. The molecule has 0 spiro atoms. The minimum Gasteiger partial charge on any atom is -0.716 e. The summed E-state index contributed by atoms with van der Waals surface area (Å²) in [6.45, 7) is 0. The fourth-order valence-corrected chi connectivity index (χ4v) is 2.57. The minimum absolute atomic E-state index is 0. The van der Waals surface area contributed by atoms with Crippen molar-refractivity contribution in [3.05, 3.63) is 52.8 Å². The Morgan fingerprint density at radius 3 is 2.52 bits per heavy atom. The van der Waals surface area contributed by atoms with Gasteiger partial charge in [0.1, 0.15) is 5.82 Å². The van der Waals surface area contributed by atoms with E-state index in [9.17, 15) is 17.8 Å². The van der Waals surface area contributed by atoms with E-state index < -0.39 is 10.4 Å². The molecule has 25 heavy (non-hydrogen) atoms. The quantitative estimate of drug-likeness (QED) is 0.335. The van der Waals surface area contributed by atoms with Crippen molar-refractivity contribution in [2.75, 3.05) is 7.11 Å². The first-order valence-corrected chi connectivity index (χ1v) is 8.03. The predicted molar refractivity (Wildman–Crippen MR) is 84.7 cm³/mol. The third-order valence-electron chi connectivity index (χ3n) is 3.24. The zero-order valence-electron chi connectivity index (χ0n) is 13.3. The molecule has 0 bridgehead atoms. The van der Waals surface area contributed by atoms with Crippen molar-refractivity contribution in [2.24, 2.45) is 0 Å². The number of aromatic amines is 1. The maximum Gasteiger partial charge on any atom is 1.00 e. The summed E-state index contributed by atoms with van der Waals surface area (Å²) in [6, 6.07) is 11.0. The van der Waals surface area contributed by atoms with Gasteiger partial charge in [0.25, 0.3) is 16.0 Å². The van der Waals surface area contributed by atoms with Crippen LogP contribution in [0.25, 0.3) is 22.3 Å². The number of hydrogen-bond acceptors (Lipinski definition) is 7. The van der Waals surface area contributed by atoms with E-state index in [1.807, 2.05) is 0 Å². The Morgan fingerprint density at radius 2 is 1.84 bits per heavy atom. The van der Waals surface area contributed by atoms with Gasteiger partial charge in [-0.25, -0.2) is 13.4 Å². The fraction of sp³-hybridized carbons (Fsp3) is 0.0667. The molecule has 3 rings (SSSR count). The third kappa shape index (κ3) is 4.39. The van der Waals surface area contributed by atoms with Crippen LogP contribution in [0.1, 0.15) is 0 Å². The zero-order chi connectivity index (χ0) is 17.3. The Morgan fingerprint density at radius 1 is 1.12 bits per heavy atom. The topological polar surface area (TPSA) is 121 Å². The SMILES string of the molecule is COc1ccc(-c2nc3ccccc3c(=O)[nH]2)cc1OS(=O)(=O)[O-].[Na+]. The number of para-hydroxylation sites is 1. The summed E-state index contributed by atoms with van der Waals surface area (Å²) in [5, 5.41) is 0.424. The zero-order valence-corrected chi connectivity index (χ0v) is 16.2. The van der Waals surface area contributed by atoms with Crippen LogP contribution in [0.4, 0.5) is 0 Å². The molecule has 1 N–H and O–H groups in total. The van der Waals surface area contributed by atoms with Crippen LogP contribution in [-0.4, -0.2) is 30.0 Å². The Kier molecular flexibility index (Phi) is 5.86. The van der Waals surface area contributed by atoms with Gasteiger partial charge in [0.15, 0.2) is 11.5 Å². The summed E-state index contributed by atoms with van der Waals surface area (Å²) in [5.74, 6) is -0.0309. The molecule has 0 aliphatic carbocycles. The summed E-state index contributed by atoms with van der Waals surface area (Å²) < 4.78 is 41.8. The van der Waals surface area contributed by atoms with Crippen LogP contribution < -0.4 is 44.0 Å². The van der Waals surface area contributed by atoms with E-state index >= 15 is 0 Å². The summed E-state index contributed by atoms with van der Waals surface area (Å²) >= 11 is 0. The van der Waals surface area contributed by atoms with Crippen LogP contribution in [0.3, 0.4) is 0 Å². The predicted octanol–water partition coefficient (Wildman–Crippen LogP) is -1.56. The number of benzene rings is 2. The van der Waals surface area contributed by atoms with Crippen molar-refractivity contribution in [3.63, 3.8) is 0 Å². The molecule has 0 unspecified atom stereocenters. The average molecular weight is 370 g/mol. The molecule has 0 amide bonds. The van der Waals surface area contributed by atoms with Gasteiger partial charge >= 0.3 is 29.6 Å². The number of ether oxygens (including phenoxy) is 1. The van der Waals surface area contributed by atoms with Gasteiger partial charge in [-0.1, -0.05) is 12.1 Å². The van der Waals surface area contributed by atoms with Crippen molar-refractivity contribution in [3.8, 4) is 22.9 Å². The van der Waals surface area contributed by atoms with E-state index in [0.29, 0.717) is 16.5 Å². The molecule has 2 aromatic carbocycles. The molecule has 0 saturated heterocycles. The van der Waals surface area contributed by atoms with Crippen molar-refractivity contribution < 1.29 is 51.4 Å². The Hall–Kier alpha value is -1.91. The van der Waals surface area contributed by atoms with Crippen molar-refractivity contribution in [1.29, 1.82) is 0 Å². The van der Waals surface area contributed by atoms with E-state index in [1.165, 1.54) is 19.2 Å². The molecular weight excluding hydrogens is 359 g/mol. The van der Waals surface area contributed by atoms with E-state index in [2.05, 4.69) is 14.2 Å². The molecule has 0 atom stereocenters. The number of nitrogens with one attached hydrogen (secondary N) is 1. The molecule has 0 saturated carbocycles. The Labute approximate surface area is 165 Å². The Balaban J connectivity index is 0.00000225. The summed E-state index contributed by atoms with van der Waals surface area (Å²) in [7, 11) is -3.67. The number of methoxy groups -OCH3 is 1. The van der Waals surface area contributed by atoms with Crippen molar-refractivity contribution >= 4 is 21.3 Å². The van der Waals surface area contributed by atoms with Gasteiger partial charge in [0.05, 0.1) is 18.0 Å². The number of H-pyrrole nitrogens is 1. The van der Waals surface area contributed by atoms with E-state index in [0.717, 1.165) is 0 Å². The van der Waals surface area contributed by atoms with Crippen molar-refractivity contribution in [2.45, 2.75) is 0 Å². The molecule has 0 aliphatic rings. The largest absolute Gasteiger partial charge is 1.00 e. The average Bonchev–Trinajstić information content (AvgIpc) is 2.53. The van der Waals surface area contributed by atoms with Crippen molar-refractivity contribution in [1.82, 2.24) is 9.97 Å². The molecule has 1 aromatic heterocycles. The van der Waals surface area contributed by atoms with Gasteiger partial charge in [0.2, 0.25) is 0 Å². The molecule has 124 valence electrons. The number of fused-ring (bicyclic) bond motifs is 1. The number of nitrogens with zero attached hydrogens (tertiary/aromatic N) is 1. The normalized spacial score (nSPS) is 11.0. The number of aromatic nitrogens is 2. The van der Waals surface area contributed by atoms with Crippen LogP contribution in [0.5, 0.6) is 11.5 Å². The first-order chi connectivity index (χ1) is 11.4. The van der Waals surface area contributed by atoms with Crippen LogP contribution >= 0.6 is 0 Å².